The van der Waals surface area contributed by atoms with Crippen LogP contribution in [0.4, 0.5) is 5.69 Å². The lowest BCUT2D eigenvalue weighted by Gasteiger charge is -2.28. The number of hydrogen-bond donors (Lipinski definition) is 1. The van der Waals surface area contributed by atoms with Crippen LogP contribution in [0.25, 0.3) is 0 Å². The molecule has 1 heterocycles. The monoisotopic (exact) mass is 425 g/mol. The van der Waals surface area contributed by atoms with E-state index in [1.807, 2.05) is 36.4 Å². The normalized spacial score (nSPS) is 12.1. The quantitative estimate of drug-likeness (QED) is 0.598. The molecular formula is C22H23N3O4S. The number of amides is 1. The zero-order valence-electron chi connectivity index (χ0n) is 16.7. The Balaban J connectivity index is 1.74. The van der Waals surface area contributed by atoms with Gasteiger partial charge < -0.3 is 10.1 Å². The van der Waals surface area contributed by atoms with Crippen molar-refractivity contribution in [3.8, 4) is 11.5 Å². The third-order valence-corrected chi connectivity index (χ3v) is 5.57. The Morgan fingerprint density at radius 2 is 1.63 bits per heavy atom. The summed E-state index contributed by atoms with van der Waals surface area (Å²) in [7, 11) is -3.70. The van der Waals surface area contributed by atoms with E-state index in [0.717, 1.165) is 10.6 Å². The summed E-state index contributed by atoms with van der Waals surface area (Å²) >= 11 is 0. The first-order valence-corrected chi connectivity index (χ1v) is 11.2. The van der Waals surface area contributed by atoms with Crippen LogP contribution in [0.3, 0.4) is 0 Å². The maximum absolute atomic E-state index is 12.6. The van der Waals surface area contributed by atoms with Crippen molar-refractivity contribution in [1.82, 2.24) is 10.3 Å². The van der Waals surface area contributed by atoms with Gasteiger partial charge in [-0.15, -0.1) is 0 Å². The topological polar surface area (TPSA) is 88.6 Å². The molecule has 0 aliphatic heterocycles. The molecule has 30 heavy (non-hydrogen) atoms. The highest BCUT2D eigenvalue weighted by Crippen LogP contribution is 2.26. The third kappa shape index (κ3) is 5.57. The Morgan fingerprint density at radius 3 is 2.23 bits per heavy atom. The molecule has 0 unspecified atom stereocenters. The molecule has 156 valence electrons. The van der Waals surface area contributed by atoms with E-state index in [-0.39, 0.29) is 6.54 Å². The maximum atomic E-state index is 12.6. The number of carbonyl (C=O) groups is 1. The van der Waals surface area contributed by atoms with Crippen molar-refractivity contribution in [2.75, 3.05) is 10.6 Å². The molecule has 7 nitrogen and oxygen atoms in total. The largest absolute Gasteiger partial charge is 0.457 e. The molecule has 0 spiro atoms. The van der Waals surface area contributed by atoms with Gasteiger partial charge >= 0.3 is 0 Å². The highest BCUT2D eigenvalue weighted by molar-refractivity contribution is 7.92. The predicted octanol–water partition coefficient (Wildman–Crippen LogP) is 3.34. The fourth-order valence-electron chi connectivity index (χ4n) is 2.92. The maximum Gasteiger partial charge on any atom is 0.243 e. The molecule has 2 aromatic carbocycles. The number of ether oxygens (including phenoxy) is 1. The van der Waals surface area contributed by atoms with Crippen molar-refractivity contribution in [2.45, 2.75) is 19.5 Å². The molecule has 8 heteroatoms. The Bertz CT molecular complexity index is 1070. The summed E-state index contributed by atoms with van der Waals surface area (Å²) in [6.07, 6.45) is 2.71. The summed E-state index contributed by atoms with van der Waals surface area (Å²) in [5, 5.41) is 2.73. The van der Waals surface area contributed by atoms with E-state index in [1.165, 1.54) is 0 Å². The number of benzene rings is 2. The number of carbonyl (C=O) groups excluding carboxylic acids is 1. The molecule has 0 radical (unpaired) electrons. The number of para-hydroxylation sites is 1. The molecule has 0 bridgehead atoms. The molecule has 0 saturated heterocycles. The highest BCUT2D eigenvalue weighted by Gasteiger charge is 2.29. The molecule has 0 saturated carbocycles. The summed E-state index contributed by atoms with van der Waals surface area (Å²) < 4.78 is 31.7. The standard InChI is InChI=1S/C22H23N3O4S/c1-17(22(26)24-16-18-8-6-7-15-23-18)25(30(2,27)28)19-11-13-21(14-12-19)29-20-9-4-3-5-10-20/h3-15,17H,16H2,1-2H3,(H,24,26)/t17-/m1/s1. The average molecular weight is 426 g/mol. The van der Waals surface area contributed by atoms with E-state index >= 15 is 0 Å². The number of nitrogens with zero attached hydrogens (tertiary/aromatic N) is 2. The summed E-state index contributed by atoms with van der Waals surface area (Å²) in [6.45, 7) is 1.76. The Morgan fingerprint density at radius 1 is 1.00 bits per heavy atom. The van der Waals surface area contributed by atoms with Gasteiger partial charge in [0.25, 0.3) is 0 Å². The first kappa shape index (κ1) is 21.3. The first-order chi connectivity index (χ1) is 14.3. The van der Waals surface area contributed by atoms with Crippen LogP contribution in [-0.2, 0) is 21.4 Å². The van der Waals surface area contributed by atoms with Crippen molar-refractivity contribution in [1.29, 1.82) is 0 Å². The minimum atomic E-state index is -3.70. The minimum absolute atomic E-state index is 0.214. The Labute approximate surface area is 176 Å². The van der Waals surface area contributed by atoms with E-state index < -0.39 is 22.0 Å². The molecule has 1 aromatic heterocycles. The van der Waals surface area contributed by atoms with Gasteiger partial charge in [-0.05, 0) is 55.5 Å². The van der Waals surface area contributed by atoms with E-state index in [1.54, 1.807) is 49.5 Å². The van der Waals surface area contributed by atoms with Crippen molar-refractivity contribution in [2.24, 2.45) is 0 Å². The summed E-state index contributed by atoms with van der Waals surface area (Å²) in [5.41, 5.74) is 1.06. The van der Waals surface area contributed by atoms with Crippen molar-refractivity contribution in [3.05, 3.63) is 84.7 Å². The zero-order chi connectivity index (χ0) is 21.6. The molecular weight excluding hydrogens is 402 g/mol. The van der Waals surface area contributed by atoms with Crippen LogP contribution < -0.4 is 14.4 Å². The van der Waals surface area contributed by atoms with Gasteiger partial charge in [0.1, 0.15) is 17.5 Å². The lowest BCUT2D eigenvalue weighted by molar-refractivity contribution is -0.122. The molecule has 1 amide bonds. The molecule has 0 aliphatic carbocycles. The van der Waals surface area contributed by atoms with E-state index in [0.29, 0.717) is 22.9 Å². The van der Waals surface area contributed by atoms with Crippen LogP contribution in [-0.4, -0.2) is 31.6 Å². The van der Waals surface area contributed by atoms with Crippen LogP contribution in [0.2, 0.25) is 0 Å². The van der Waals surface area contributed by atoms with E-state index in [2.05, 4.69) is 10.3 Å². The van der Waals surface area contributed by atoms with Gasteiger partial charge in [0.2, 0.25) is 15.9 Å². The molecule has 1 N–H and O–H groups in total. The lowest BCUT2D eigenvalue weighted by Crippen LogP contribution is -2.47. The van der Waals surface area contributed by atoms with Crippen molar-refractivity contribution >= 4 is 21.6 Å². The Kier molecular flexibility index (Phi) is 6.68. The van der Waals surface area contributed by atoms with Crippen LogP contribution in [0.5, 0.6) is 11.5 Å². The minimum Gasteiger partial charge on any atom is -0.457 e. The van der Waals surface area contributed by atoms with E-state index in [4.69, 9.17) is 4.74 Å². The van der Waals surface area contributed by atoms with E-state index in [9.17, 15) is 13.2 Å². The highest BCUT2D eigenvalue weighted by atomic mass is 32.2. The van der Waals surface area contributed by atoms with Crippen LogP contribution >= 0.6 is 0 Å². The molecule has 0 aliphatic rings. The fraction of sp³-hybridized carbons (Fsp3) is 0.182. The van der Waals surface area contributed by atoms with Gasteiger partial charge in [0.05, 0.1) is 24.2 Å². The Hall–Kier alpha value is -3.39. The van der Waals surface area contributed by atoms with Crippen LogP contribution in [0, 0.1) is 0 Å². The van der Waals surface area contributed by atoms with Crippen LogP contribution in [0.15, 0.2) is 79.0 Å². The second-order valence-electron chi connectivity index (χ2n) is 6.68. The van der Waals surface area contributed by atoms with Gasteiger partial charge in [-0.1, -0.05) is 24.3 Å². The molecule has 1 atom stereocenters. The predicted molar refractivity (Wildman–Crippen MR) is 116 cm³/mol. The first-order valence-electron chi connectivity index (χ1n) is 9.34. The van der Waals surface area contributed by atoms with Gasteiger partial charge in [0.15, 0.2) is 0 Å². The van der Waals surface area contributed by atoms with Crippen molar-refractivity contribution in [3.63, 3.8) is 0 Å². The number of nitrogens with one attached hydrogen (secondary N) is 1. The second kappa shape index (κ2) is 9.41. The molecule has 0 fully saturated rings. The zero-order valence-corrected chi connectivity index (χ0v) is 17.5. The summed E-state index contributed by atoms with van der Waals surface area (Å²) in [6, 6.07) is 20.3. The second-order valence-corrected chi connectivity index (χ2v) is 8.54. The smallest absolute Gasteiger partial charge is 0.243 e. The third-order valence-electron chi connectivity index (χ3n) is 4.33. The van der Waals surface area contributed by atoms with Gasteiger partial charge in [-0.25, -0.2) is 8.42 Å². The lowest BCUT2D eigenvalue weighted by atomic mass is 10.2. The van der Waals surface area contributed by atoms with Crippen molar-refractivity contribution < 1.29 is 17.9 Å². The van der Waals surface area contributed by atoms with Crippen LogP contribution in [0.1, 0.15) is 12.6 Å². The number of hydrogen-bond acceptors (Lipinski definition) is 5. The number of sulfonamides is 1. The van der Waals surface area contributed by atoms with Gasteiger partial charge in [0, 0.05) is 6.20 Å². The number of rotatable bonds is 8. The van der Waals surface area contributed by atoms with Gasteiger partial charge in [-0.3, -0.25) is 14.1 Å². The SMILES string of the molecule is C[C@H](C(=O)NCc1ccccn1)N(c1ccc(Oc2ccccc2)cc1)S(C)(=O)=O. The average Bonchev–Trinajstić information content (AvgIpc) is 2.74. The molecule has 3 aromatic rings. The summed E-state index contributed by atoms with van der Waals surface area (Å²) in [5.74, 6) is 0.814. The van der Waals surface area contributed by atoms with Gasteiger partial charge in [-0.2, -0.15) is 0 Å². The number of aromatic nitrogens is 1. The number of pyridine rings is 1. The summed E-state index contributed by atoms with van der Waals surface area (Å²) in [4.78, 5) is 16.8. The molecule has 3 rings (SSSR count). The number of anilines is 1. The fourth-order valence-corrected chi connectivity index (χ4v) is 4.10.